The van der Waals surface area contributed by atoms with Crippen LogP contribution in [-0.2, 0) is 6.54 Å². The van der Waals surface area contributed by atoms with E-state index in [1.54, 1.807) is 16.0 Å². The average Bonchev–Trinajstić information content (AvgIpc) is 3.42. The van der Waals surface area contributed by atoms with Crippen LogP contribution in [0.4, 0.5) is 10.8 Å². The molecule has 3 aromatic rings. The molecule has 0 atom stereocenters. The van der Waals surface area contributed by atoms with E-state index < -0.39 is 0 Å². The predicted molar refractivity (Wildman–Crippen MR) is 97.9 cm³/mol. The van der Waals surface area contributed by atoms with Crippen molar-refractivity contribution in [2.45, 2.75) is 19.4 Å². The second kappa shape index (κ2) is 5.66. The normalized spacial score (nSPS) is 16.7. The topological polar surface area (TPSA) is 63.0 Å². The van der Waals surface area contributed by atoms with Crippen LogP contribution >= 0.6 is 11.3 Å². The molecule has 0 aliphatic carbocycles. The maximum atomic E-state index is 4.68. The zero-order valence-electron chi connectivity index (χ0n) is 13.7. The molecule has 0 spiro atoms. The van der Waals surface area contributed by atoms with E-state index >= 15 is 0 Å². The van der Waals surface area contributed by atoms with E-state index in [0.717, 1.165) is 46.7 Å². The first kappa shape index (κ1) is 14.6. The summed E-state index contributed by atoms with van der Waals surface area (Å²) in [5.74, 6) is 1.68. The van der Waals surface area contributed by atoms with Gasteiger partial charge in [0.15, 0.2) is 11.6 Å². The molecule has 126 valence electrons. The summed E-state index contributed by atoms with van der Waals surface area (Å²) in [5.41, 5.74) is 4.84. The van der Waals surface area contributed by atoms with Crippen molar-refractivity contribution in [2.75, 3.05) is 22.9 Å². The molecule has 2 aliphatic heterocycles. The van der Waals surface area contributed by atoms with E-state index in [0.29, 0.717) is 6.54 Å². The molecule has 0 N–H and O–H groups in total. The first-order chi connectivity index (χ1) is 12.3. The fourth-order valence-electron chi connectivity index (χ4n) is 3.38. The van der Waals surface area contributed by atoms with Crippen LogP contribution in [0.1, 0.15) is 24.1 Å². The fourth-order valence-corrected chi connectivity index (χ4v) is 4.04. The molecule has 5 heterocycles. The second-order valence-electron chi connectivity index (χ2n) is 6.25. The molecular weight excluding hydrogens is 334 g/mol. The Kier molecular flexibility index (Phi) is 3.30. The molecule has 0 unspecified atom stereocenters. The van der Waals surface area contributed by atoms with Gasteiger partial charge in [-0.2, -0.15) is 5.10 Å². The molecule has 0 saturated carbocycles. The lowest BCUT2D eigenvalue weighted by atomic mass is 10.2. The van der Waals surface area contributed by atoms with E-state index in [4.69, 9.17) is 0 Å². The van der Waals surface area contributed by atoms with Gasteiger partial charge in [0.2, 0.25) is 0 Å². The SMILES string of the molecule is C=C1c2cn(-c3ccc(N4CCCC4)nn3)nc2CN1c1cncs1. The van der Waals surface area contributed by atoms with E-state index in [1.807, 2.05) is 30.0 Å². The van der Waals surface area contributed by atoms with Crippen LogP contribution in [0.15, 0.2) is 36.6 Å². The van der Waals surface area contributed by atoms with Gasteiger partial charge in [-0.1, -0.05) is 6.58 Å². The van der Waals surface area contributed by atoms with Crippen molar-refractivity contribution in [3.8, 4) is 5.82 Å². The van der Waals surface area contributed by atoms with Gasteiger partial charge >= 0.3 is 0 Å². The maximum absolute atomic E-state index is 4.68. The van der Waals surface area contributed by atoms with Crippen LogP contribution in [0, 0.1) is 0 Å². The van der Waals surface area contributed by atoms with Gasteiger partial charge in [0.05, 0.1) is 23.9 Å². The lowest BCUT2D eigenvalue weighted by molar-refractivity contribution is 0.778. The van der Waals surface area contributed by atoms with Crippen LogP contribution in [0.5, 0.6) is 0 Å². The Morgan fingerprint density at radius 1 is 1.08 bits per heavy atom. The van der Waals surface area contributed by atoms with Crippen molar-refractivity contribution >= 4 is 27.9 Å². The summed E-state index contributed by atoms with van der Waals surface area (Å²) >= 11 is 1.60. The third-order valence-electron chi connectivity index (χ3n) is 4.72. The largest absolute Gasteiger partial charge is 0.355 e. The van der Waals surface area contributed by atoms with Gasteiger partial charge in [0, 0.05) is 30.5 Å². The molecule has 0 amide bonds. The minimum atomic E-state index is 0.711. The zero-order chi connectivity index (χ0) is 16.8. The van der Waals surface area contributed by atoms with E-state index in [9.17, 15) is 0 Å². The van der Waals surface area contributed by atoms with Crippen molar-refractivity contribution in [3.05, 3.63) is 47.9 Å². The van der Waals surface area contributed by atoms with Gasteiger partial charge < -0.3 is 9.80 Å². The van der Waals surface area contributed by atoms with Crippen LogP contribution in [0.2, 0.25) is 0 Å². The number of thiazole rings is 1. The second-order valence-corrected chi connectivity index (χ2v) is 7.12. The summed E-state index contributed by atoms with van der Waals surface area (Å²) in [6.45, 7) is 7.06. The molecule has 0 aromatic carbocycles. The quantitative estimate of drug-likeness (QED) is 0.723. The van der Waals surface area contributed by atoms with Crippen molar-refractivity contribution in [3.63, 3.8) is 0 Å². The van der Waals surface area contributed by atoms with Crippen molar-refractivity contribution in [2.24, 2.45) is 0 Å². The molecule has 0 bridgehead atoms. The minimum Gasteiger partial charge on any atom is -0.355 e. The summed E-state index contributed by atoms with van der Waals surface area (Å²) < 4.78 is 1.79. The van der Waals surface area contributed by atoms with Gasteiger partial charge in [-0.05, 0) is 25.0 Å². The molecule has 25 heavy (non-hydrogen) atoms. The number of aromatic nitrogens is 5. The van der Waals surface area contributed by atoms with Crippen molar-refractivity contribution < 1.29 is 0 Å². The molecule has 2 aliphatic rings. The van der Waals surface area contributed by atoms with Gasteiger partial charge in [-0.3, -0.25) is 4.98 Å². The number of hydrogen-bond acceptors (Lipinski definition) is 7. The van der Waals surface area contributed by atoms with E-state index in [1.165, 1.54) is 12.8 Å². The summed E-state index contributed by atoms with van der Waals surface area (Å²) in [6.07, 6.45) is 6.30. The Morgan fingerprint density at radius 3 is 2.56 bits per heavy atom. The third-order valence-corrected chi connectivity index (χ3v) is 5.52. The van der Waals surface area contributed by atoms with Crippen molar-refractivity contribution in [1.29, 1.82) is 0 Å². The number of anilines is 2. The molecule has 8 heteroatoms. The first-order valence-corrected chi connectivity index (χ1v) is 9.20. The molecule has 7 nitrogen and oxygen atoms in total. The summed E-state index contributed by atoms with van der Waals surface area (Å²) in [6, 6.07) is 4.01. The standard InChI is InChI=1S/C17H17N7S/c1-12-13-9-24(21-14(13)10-23(12)17-8-18-11-25-17)16-5-4-15(19-20-16)22-6-2-3-7-22/h4-5,8-9,11H,1-3,6-7,10H2. The average molecular weight is 351 g/mol. The van der Waals surface area contributed by atoms with Gasteiger partial charge in [0.1, 0.15) is 5.00 Å². The highest BCUT2D eigenvalue weighted by Gasteiger charge is 2.28. The number of hydrogen-bond donors (Lipinski definition) is 0. The lowest BCUT2D eigenvalue weighted by Crippen LogP contribution is -2.19. The van der Waals surface area contributed by atoms with Crippen LogP contribution in [0.3, 0.4) is 0 Å². The Bertz CT molecular complexity index is 907. The van der Waals surface area contributed by atoms with E-state index in [-0.39, 0.29) is 0 Å². The Hall–Kier alpha value is -2.74. The number of nitrogens with zero attached hydrogens (tertiary/aromatic N) is 7. The van der Waals surface area contributed by atoms with Gasteiger partial charge in [-0.15, -0.1) is 21.5 Å². The zero-order valence-corrected chi connectivity index (χ0v) is 14.5. The maximum Gasteiger partial charge on any atom is 0.175 e. The summed E-state index contributed by atoms with van der Waals surface area (Å²) in [5, 5.41) is 14.5. The molecular formula is C17H17N7S. The highest BCUT2D eigenvalue weighted by atomic mass is 32.1. The minimum absolute atomic E-state index is 0.711. The molecule has 1 fully saturated rings. The van der Waals surface area contributed by atoms with Crippen LogP contribution in [-0.4, -0.2) is 38.1 Å². The fraction of sp³-hybridized carbons (Fsp3) is 0.294. The highest BCUT2D eigenvalue weighted by Crippen LogP contribution is 2.37. The first-order valence-electron chi connectivity index (χ1n) is 8.32. The molecule has 0 radical (unpaired) electrons. The van der Waals surface area contributed by atoms with Crippen LogP contribution < -0.4 is 9.80 Å². The number of rotatable bonds is 3. The Balaban J connectivity index is 1.40. The summed E-state index contributed by atoms with van der Waals surface area (Å²) in [4.78, 5) is 8.56. The predicted octanol–water partition coefficient (Wildman–Crippen LogP) is 2.71. The lowest BCUT2D eigenvalue weighted by Gasteiger charge is -2.16. The molecule has 5 rings (SSSR count). The number of fused-ring (bicyclic) bond motifs is 1. The smallest absolute Gasteiger partial charge is 0.175 e. The summed E-state index contributed by atoms with van der Waals surface area (Å²) in [7, 11) is 0. The van der Waals surface area contributed by atoms with E-state index in [2.05, 4.69) is 36.7 Å². The highest BCUT2D eigenvalue weighted by molar-refractivity contribution is 7.13. The van der Waals surface area contributed by atoms with Crippen molar-refractivity contribution in [1.82, 2.24) is 25.0 Å². The molecule has 1 saturated heterocycles. The monoisotopic (exact) mass is 351 g/mol. The molecule has 3 aromatic heterocycles. The van der Waals surface area contributed by atoms with Gasteiger partial charge in [0.25, 0.3) is 0 Å². The van der Waals surface area contributed by atoms with Crippen LogP contribution in [0.25, 0.3) is 11.5 Å². The third kappa shape index (κ3) is 2.41. The Labute approximate surface area is 149 Å². The Morgan fingerprint density at radius 2 is 1.88 bits per heavy atom. The van der Waals surface area contributed by atoms with Gasteiger partial charge in [-0.25, -0.2) is 4.68 Å².